The van der Waals surface area contributed by atoms with Crippen LogP contribution in [0.5, 0.6) is 0 Å². The maximum atomic E-state index is 13.2. The fourth-order valence-corrected chi connectivity index (χ4v) is 3.96. The van der Waals surface area contributed by atoms with Crippen molar-refractivity contribution in [2.75, 3.05) is 26.2 Å². The number of benzene rings is 2. The number of aryl methyl sites for hydroxylation is 2. The van der Waals surface area contributed by atoms with E-state index in [1.165, 1.54) is 17.2 Å². The number of carbonyl (C=O) groups excluding carboxylic acids is 1. The first-order valence-electron chi connectivity index (χ1n) is 10.7. The van der Waals surface area contributed by atoms with Gasteiger partial charge in [0.05, 0.1) is 5.69 Å². The van der Waals surface area contributed by atoms with Crippen LogP contribution in [0.2, 0.25) is 0 Å². The van der Waals surface area contributed by atoms with Crippen molar-refractivity contribution >= 4 is 5.91 Å². The number of nitrogens with zero attached hydrogens (tertiary/aromatic N) is 4. The molecule has 160 valence electrons. The van der Waals surface area contributed by atoms with Gasteiger partial charge in [-0.1, -0.05) is 48.0 Å². The summed E-state index contributed by atoms with van der Waals surface area (Å²) in [5.74, 6) is -0.285. The van der Waals surface area contributed by atoms with Crippen LogP contribution in [0.3, 0.4) is 0 Å². The summed E-state index contributed by atoms with van der Waals surface area (Å²) in [7, 11) is 0. The fourth-order valence-electron chi connectivity index (χ4n) is 3.96. The molecule has 2 heterocycles. The first kappa shape index (κ1) is 21.0. The van der Waals surface area contributed by atoms with Crippen LogP contribution in [0.4, 0.5) is 0 Å². The number of aromatic nitrogens is 2. The summed E-state index contributed by atoms with van der Waals surface area (Å²) in [4.78, 5) is 29.9. The second-order valence-electron chi connectivity index (χ2n) is 8.15. The highest BCUT2D eigenvalue weighted by molar-refractivity contribution is 5.92. The van der Waals surface area contributed by atoms with Crippen molar-refractivity contribution in [1.82, 2.24) is 19.6 Å². The smallest absolute Gasteiger partial charge is 0.278 e. The van der Waals surface area contributed by atoms with Crippen molar-refractivity contribution in [1.29, 1.82) is 0 Å². The Kier molecular flexibility index (Phi) is 6.28. The van der Waals surface area contributed by atoms with Crippen LogP contribution < -0.4 is 5.43 Å². The molecule has 0 radical (unpaired) electrons. The molecular formula is C25H28N4O2. The summed E-state index contributed by atoms with van der Waals surface area (Å²) >= 11 is 0. The van der Waals surface area contributed by atoms with Gasteiger partial charge in [-0.25, -0.2) is 4.68 Å². The van der Waals surface area contributed by atoms with Gasteiger partial charge in [0.2, 0.25) is 5.43 Å². The van der Waals surface area contributed by atoms with Gasteiger partial charge in [-0.15, -0.1) is 0 Å². The number of hydrogen-bond acceptors (Lipinski definition) is 4. The van der Waals surface area contributed by atoms with Crippen LogP contribution in [-0.4, -0.2) is 51.7 Å². The summed E-state index contributed by atoms with van der Waals surface area (Å²) < 4.78 is 1.66. The van der Waals surface area contributed by atoms with E-state index in [0.29, 0.717) is 18.8 Å². The summed E-state index contributed by atoms with van der Waals surface area (Å²) in [6.07, 6.45) is 0.871. The quantitative estimate of drug-likeness (QED) is 0.655. The van der Waals surface area contributed by atoms with Crippen LogP contribution in [0.15, 0.2) is 65.5 Å². The Labute approximate surface area is 182 Å². The summed E-state index contributed by atoms with van der Waals surface area (Å²) in [6, 6.07) is 19.6. The van der Waals surface area contributed by atoms with Gasteiger partial charge in [0.1, 0.15) is 0 Å². The minimum Gasteiger partial charge on any atom is -0.336 e. The lowest BCUT2D eigenvalue weighted by atomic mass is 10.1. The molecule has 2 aromatic carbocycles. The first-order chi connectivity index (χ1) is 15.0. The first-order valence-corrected chi connectivity index (χ1v) is 10.7. The lowest BCUT2D eigenvalue weighted by molar-refractivity contribution is 0.0751. The number of rotatable bonds is 4. The van der Waals surface area contributed by atoms with Crippen molar-refractivity contribution in [3.8, 4) is 5.69 Å². The van der Waals surface area contributed by atoms with Crippen molar-refractivity contribution in [2.24, 2.45) is 0 Å². The van der Waals surface area contributed by atoms with Crippen LogP contribution in [0.1, 0.15) is 33.7 Å². The molecule has 0 N–H and O–H groups in total. The average Bonchev–Trinajstić information content (AvgIpc) is 3.01. The Hall–Kier alpha value is -3.25. The lowest BCUT2D eigenvalue weighted by Crippen LogP contribution is -2.38. The van der Waals surface area contributed by atoms with E-state index < -0.39 is 0 Å². The van der Waals surface area contributed by atoms with Crippen LogP contribution in [0.25, 0.3) is 5.69 Å². The molecule has 1 fully saturated rings. The van der Waals surface area contributed by atoms with Gasteiger partial charge in [-0.3, -0.25) is 14.5 Å². The highest BCUT2D eigenvalue weighted by atomic mass is 16.2. The van der Waals surface area contributed by atoms with E-state index in [1.54, 1.807) is 9.58 Å². The highest BCUT2D eigenvalue weighted by Gasteiger charge is 2.24. The third-order valence-electron chi connectivity index (χ3n) is 5.71. The molecule has 4 rings (SSSR count). The van der Waals surface area contributed by atoms with Crippen LogP contribution >= 0.6 is 0 Å². The number of carbonyl (C=O) groups is 1. The van der Waals surface area contributed by atoms with Gasteiger partial charge >= 0.3 is 0 Å². The standard InChI is InChI=1S/C25H28N4O2/c1-19-9-11-21(12-10-19)18-27-13-6-14-28(16-15-27)25(31)24-23(30)17-20(2)29(26-24)22-7-4-3-5-8-22/h3-5,7-12,17H,6,13-16,18H2,1-2H3. The highest BCUT2D eigenvalue weighted by Crippen LogP contribution is 2.13. The van der Waals surface area contributed by atoms with Gasteiger partial charge in [0, 0.05) is 44.5 Å². The molecule has 1 amide bonds. The Morgan fingerprint density at radius 1 is 0.935 bits per heavy atom. The van der Waals surface area contributed by atoms with Gasteiger partial charge in [0.25, 0.3) is 5.91 Å². The zero-order chi connectivity index (χ0) is 21.8. The average molecular weight is 417 g/mol. The van der Waals surface area contributed by atoms with E-state index >= 15 is 0 Å². The zero-order valence-electron chi connectivity index (χ0n) is 18.1. The fraction of sp³-hybridized carbons (Fsp3) is 0.320. The van der Waals surface area contributed by atoms with Crippen LogP contribution in [0, 0.1) is 13.8 Å². The van der Waals surface area contributed by atoms with E-state index in [-0.39, 0.29) is 17.0 Å². The molecule has 1 aliphatic heterocycles. The van der Waals surface area contributed by atoms with E-state index in [9.17, 15) is 9.59 Å². The van der Waals surface area contributed by atoms with E-state index in [2.05, 4.69) is 41.2 Å². The molecule has 6 heteroatoms. The predicted octanol–water partition coefficient (Wildman–Crippen LogP) is 3.20. The molecule has 1 saturated heterocycles. The molecule has 0 bridgehead atoms. The molecule has 0 unspecified atom stereocenters. The molecule has 1 aliphatic rings. The molecule has 3 aromatic rings. The molecule has 0 aliphatic carbocycles. The molecule has 0 saturated carbocycles. The molecule has 6 nitrogen and oxygen atoms in total. The van der Waals surface area contributed by atoms with Crippen molar-refractivity contribution in [3.63, 3.8) is 0 Å². The Morgan fingerprint density at radius 3 is 2.42 bits per heavy atom. The molecule has 0 spiro atoms. The maximum Gasteiger partial charge on any atom is 0.278 e. The van der Waals surface area contributed by atoms with Gasteiger partial charge in [-0.2, -0.15) is 5.10 Å². The largest absolute Gasteiger partial charge is 0.336 e. The van der Waals surface area contributed by atoms with E-state index in [1.807, 2.05) is 37.3 Å². The summed E-state index contributed by atoms with van der Waals surface area (Å²) in [5.41, 5.74) is 3.72. The van der Waals surface area contributed by atoms with Crippen molar-refractivity contribution in [2.45, 2.75) is 26.8 Å². The minimum atomic E-state index is -0.324. The molecule has 1 aromatic heterocycles. The molecular weight excluding hydrogens is 388 g/mol. The Morgan fingerprint density at radius 2 is 1.68 bits per heavy atom. The third-order valence-corrected chi connectivity index (χ3v) is 5.71. The second-order valence-corrected chi connectivity index (χ2v) is 8.15. The third kappa shape index (κ3) is 4.91. The number of hydrogen-bond donors (Lipinski definition) is 0. The second kappa shape index (κ2) is 9.27. The van der Waals surface area contributed by atoms with E-state index in [4.69, 9.17) is 0 Å². The topological polar surface area (TPSA) is 58.4 Å². The van der Waals surface area contributed by atoms with Crippen molar-refractivity contribution in [3.05, 3.63) is 93.4 Å². The normalized spacial score (nSPS) is 15.0. The summed E-state index contributed by atoms with van der Waals surface area (Å²) in [5, 5.41) is 4.44. The van der Waals surface area contributed by atoms with Crippen molar-refractivity contribution < 1.29 is 4.79 Å². The van der Waals surface area contributed by atoms with Gasteiger partial charge < -0.3 is 4.90 Å². The Bertz CT molecular complexity index is 1110. The van der Waals surface area contributed by atoms with Gasteiger partial charge in [0.15, 0.2) is 5.69 Å². The number of amides is 1. The van der Waals surface area contributed by atoms with Gasteiger partial charge in [-0.05, 0) is 38.0 Å². The lowest BCUT2D eigenvalue weighted by Gasteiger charge is -2.22. The Balaban J connectivity index is 1.49. The minimum absolute atomic E-state index is 0.0126. The maximum absolute atomic E-state index is 13.2. The number of para-hydroxylation sites is 1. The van der Waals surface area contributed by atoms with Crippen LogP contribution in [-0.2, 0) is 6.54 Å². The van der Waals surface area contributed by atoms with E-state index in [0.717, 1.165) is 31.7 Å². The molecule has 31 heavy (non-hydrogen) atoms. The summed E-state index contributed by atoms with van der Waals surface area (Å²) in [6.45, 7) is 7.70. The zero-order valence-corrected chi connectivity index (χ0v) is 18.1. The molecule has 0 atom stereocenters. The predicted molar refractivity (Wildman–Crippen MR) is 122 cm³/mol. The monoisotopic (exact) mass is 416 g/mol. The SMILES string of the molecule is Cc1ccc(CN2CCCN(C(=O)c3nn(-c4ccccc4)c(C)cc3=O)CC2)cc1.